The molecule has 1 saturated heterocycles. The van der Waals surface area contributed by atoms with Crippen LogP contribution in [-0.4, -0.2) is 39.8 Å². The maximum Gasteiger partial charge on any atom is 0.329 e. The van der Waals surface area contributed by atoms with Gasteiger partial charge in [-0.1, -0.05) is 6.08 Å². The van der Waals surface area contributed by atoms with Gasteiger partial charge in [-0.2, -0.15) is 0 Å². The molecule has 178 valence electrons. The maximum absolute atomic E-state index is 15.6. The van der Waals surface area contributed by atoms with Crippen LogP contribution in [0.4, 0.5) is 27.6 Å². The van der Waals surface area contributed by atoms with Crippen molar-refractivity contribution in [2.75, 3.05) is 18.0 Å². The van der Waals surface area contributed by atoms with E-state index in [9.17, 15) is 32.3 Å². The number of hydrogen-bond acceptors (Lipinski definition) is 4. The lowest BCUT2D eigenvalue weighted by Gasteiger charge is -2.28. The molecule has 2 aliphatic carbocycles. The van der Waals surface area contributed by atoms with E-state index in [4.69, 9.17) is 0 Å². The summed E-state index contributed by atoms with van der Waals surface area (Å²) in [6.07, 6.45) is -3.01. The van der Waals surface area contributed by atoms with Gasteiger partial charge in [0.05, 0.1) is 22.2 Å². The highest BCUT2D eigenvalue weighted by Crippen LogP contribution is 2.45. The van der Waals surface area contributed by atoms with Crippen molar-refractivity contribution in [2.24, 2.45) is 5.92 Å². The van der Waals surface area contributed by atoms with Crippen LogP contribution < -0.4 is 16.1 Å². The van der Waals surface area contributed by atoms with Crippen molar-refractivity contribution >= 4 is 16.6 Å². The lowest BCUT2D eigenvalue weighted by molar-refractivity contribution is -0.124. The summed E-state index contributed by atoms with van der Waals surface area (Å²) in [6, 6.07) is -0.299. The second-order valence-electron chi connectivity index (χ2n) is 9.10. The molecule has 0 radical (unpaired) electrons. The summed E-state index contributed by atoms with van der Waals surface area (Å²) >= 11 is 0. The van der Waals surface area contributed by atoms with Crippen molar-refractivity contribution < 1.29 is 27.1 Å². The zero-order valence-corrected chi connectivity index (χ0v) is 17.7. The summed E-state index contributed by atoms with van der Waals surface area (Å²) in [4.78, 5) is 28.4. The fourth-order valence-corrected chi connectivity index (χ4v) is 5.28. The largest absolute Gasteiger partial charge is 0.386 e. The Morgan fingerprint density at radius 1 is 1.24 bits per heavy atom. The van der Waals surface area contributed by atoms with Crippen LogP contribution in [0.3, 0.4) is 0 Å². The van der Waals surface area contributed by atoms with Crippen LogP contribution in [0.5, 0.6) is 0 Å². The average molecular weight is 471 g/mol. The van der Waals surface area contributed by atoms with Crippen LogP contribution in [0.2, 0.25) is 0 Å². The molecule has 5 rings (SSSR count). The van der Waals surface area contributed by atoms with E-state index in [-0.39, 0.29) is 42.3 Å². The molecule has 2 atom stereocenters. The van der Waals surface area contributed by atoms with Crippen LogP contribution in [-0.2, 0) is 0 Å². The number of allylic oxidation sites excluding steroid dienone is 1. The Morgan fingerprint density at radius 2 is 1.94 bits per heavy atom. The average Bonchev–Trinajstić information content (AvgIpc) is 3.49. The molecule has 2 heterocycles. The van der Waals surface area contributed by atoms with E-state index in [1.165, 1.54) is 16.4 Å². The first-order valence-electron chi connectivity index (χ1n) is 10.8. The van der Waals surface area contributed by atoms with E-state index < -0.39 is 58.8 Å². The minimum Gasteiger partial charge on any atom is -0.386 e. The number of nitrogens with zero attached hydrogens (tertiary/aromatic N) is 2. The Labute approximate surface area is 184 Å². The summed E-state index contributed by atoms with van der Waals surface area (Å²) in [5.74, 6) is -5.64. The number of aryl methyl sites for hydroxylation is 1. The van der Waals surface area contributed by atoms with Crippen LogP contribution in [0.25, 0.3) is 10.9 Å². The van der Waals surface area contributed by atoms with E-state index in [0.717, 1.165) is 0 Å². The van der Waals surface area contributed by atoms with Crippen LogP contribution in [0.1, 0.15) is 49.3 Å². The molecule has 0 spiro atoms. The number of alkyl halides is 4. The molecule has 2 N–H and O–H groups in total. The van der Waals surface area contributed by atoms with Gasteiger partial charge in [-0.05, 0) is 31.8 Å². The number of nitrogens with one attached hydrogen (secondary N) is 1. The van der Waals surface area contributed by atoms with Crippen LogP contribution in [0.15, 0.2) is 21.2 Å². The fraction of sp³-hybridized carbons (Fsp3) is 0.545. The minimum atomic E-state index is -3.35. The molecule has 11 heteroatoms. The number of aliphatic hydroxyl groups is 1. The second kappa shape index (κ2) is 7.41. The lowest BCUT2D eigenvalue weighted by atomic mass is 9.94. The van der Waals surface area contributed by atoms with E-state index in [1.54, 1.807) is 6.08 Å². The predicted molar refractivity (Wildman–Crippen MR) is 111 cm³/mol. The summed E-state index contributed by atoms with van der Waals surface area (Å²) in [7, 11) is 0. The number of anilines is 1. The molecule has 3 aliphatic rings. The molecule has 1 aromatic heterocycles. The molecule has 1 aliphatic heterocycles. The standard InChI is InChI=1S/C22H22F5N3O3/c1-9-16-14(20(32)28-21(33)30(16)11-4-5-11)13(19(24)25)15(23)17(9)29-7-10-3-2-6-22(26,27)18(31)12(10)8-29/h3,11-12,18-19,31H,2,4-8H2,1H3,(H,28,32,33). The van der Waals surface area contributed by atoms with Gasteiger partial charge in [0.2, 0.25) is 0 Å². The summed E-state index contributed by atoms with van der Waals surface area (Å²) < 4.78 is 73.4. The van der Waals surface area contributed by atoms with E-state index >= 15 is 4.39 Å². The lowest BCUT2D eigenvalue weighted by Crippen LogP contribution is -2.40. The number of halogens is 5. The van der Waals surface area contributed by atoms with Crippen molar-refractivity contribution in [1.82, 2.24) is 9.55 Å². The number of rotatable bonds is 3. The van der Waals surface area contributed by atoms with Gasteiger partial charge in [-0.15, -0.1) is 0 Å². The highest BCUT2D eigenvalue weighted by atomic mass is 19.3. The monoisotopic (exact) mass is 471 g/mol. The molecule has 6 nitrogen and oxygen atoms in total. The third-order valence-corrected chi connectivity index (χ3v) is 6.98. The van der Waals surface area contributed by atoms with Gasteiger partial charge in [0.1, 0.15) is 6.10 Å². The van der Waals surface area contributed by atoms with Gasteiger partial charge in [0.25, 0.3) is 17.9 Å². The number of fused-ring (bicyclic) bond motifs is 2. The molecule has 33 heavy (non-hydrogen) atoms. The third-order valence-electron chi connectivity index (χ3n) is 6.98. The Kier molecular flexibility index (Phi) is 4.97. The van der Waals surface area contributed by atoms with Crippen molar-refractivity contribution in [1.29, 1.82) is 0 Å². The minimum absolute atomic E-state index is 0.0272. The predicted octanol–water partition coefficient (Wildman–Crippen LogP) is 3.56. The summed E-state index contributed by atoms with van der Waals surface area (Å²) in [5, 5.41) is 9.71. The molecule has 0 amide bonds. The highest BCUT2D eigenvalue weighted by molar-refractivity contribution is 5.91. The molecular formula is C22H22F5N3O3. The zero-order valence-electron chi connectivity index (χ0n) is 17.7. The number of hydrogen-bond donors (Lipinski definition) is 2. The topological polar surface area (TPSA) is 78.3 Å². The SMILES string of the molecule is Cc1c(N2CC3=CCCC(F)(F)C(O)C3C2)c(F)c(C(F)F)c2c(=O)[nH]c(=O)n(C3CC3)c12. The van der Waals surface area contributed by atoms with Gasteiger partial charge >= 0.3 is 5.69 Å². The number of aliphatic hydroxyl groups excluding tert-OH is 1. The highest BCUT2D eigenvalue weighted by Gasteiger charge is 2.48. The first-order valence-corrected chi connectivity index (χ1v) is 10.8. The number of benzene rings is 1. The number of aromatic nitrogens is 2. The summed E-state index contributed by atoms with van der Waals surface area (Å²) in [5.41, 5.74) is -2.71. The molecular weight excluding hydrogens is 449 g/mol. The van der Waals surface area contributed by atoms with Crippen molar-refractivity contribution in [3.63, 3.8) is 0 Å². The number of aromatic amines is 1. The van der Waals surface area contributed by atoms with Crippen LogP contribution in [0, 0.1) is 18.7 Å². The third kappa shape index (κ3) is 3.31. The van der Waals surface area contributed by atoms with Gasteiger partial charge in [-0.25, -0.2) is 26.7 Å². The second-order valence-corrected chi connectivity index (χ2v) is 9.10. The Bertz CT molecular complexity index is 1300. The van der Waals surface area contributed by atoms with Gasteiger partial charge < -0.3 is 10.0 Å². The van der Waals surface area contributed by atoms with Gasteiger partial charge in [0.15, 0.2) is 5.82 Å². The van der Waals surface area contributed by atoms with Crippen LogP contribution >= 0.6 is 0 Å². The first-order chi connectivity index (χ1) is 15.5. The Hall–Kier alpha value is -2.69. The molecule has 2 unspecified atom stereocenters. The van der Waals surface area contributed by atoms with Crippen molar-refractivity contribution in [2.45, 2.75) is 57.1 Å². The van der Waals surface area contributed by atoms with Crippen molar-refractivity contribution in [3.05, 3.63) is 49.4 Å². The summed E-state index contributed by atoms with van der Waals surface area (Å²) in [6.45, 7) is 1.20. The van der Waals surface area contributed by atoms with E-state index in [1.807, 2.05) is 4.98 Å². The molecule has 1 aromatic carbocycles. The Morgan fingerprint density at radius 3 is 2.58 bits per heavy atom. The quantitative estimate of drug-likeness (QED) is 0.530. The smallest absolute Gasteiger partial charge is 0.329 e. The first kappa shape index (κ1) is 22.1. The normalized spacial score (nSPS) is 24.8. The van der Waals surface area contributed by atoms with Crippen molar-refractivity contribution in [3.8, 4) is 0 Å². The molecule has 2 aromatic rings. The molecule has 1 saturated carbocycles. The van der Waals surface area contributed by atoms with Gasteiger partial charge in [0, 0.05) is 37.0 Å². The fourth-order valence-electron chi connectivity index (χ4n) is 5.28. The molecule has 0 bridgehead atoms. The Balaban J connectivity index is 1.75. The van der Waals surface area contributed by atoms with Gasteiger partial charge in [-0.3, -0.25) is 14.3 Å². The zero-order chi connectivity index (χ0) is 23.8. The van der Waals surface area contributed by atoms with E-state index in [2.05, 4.69) is 0 Å². The molecule has 2 fully saturated rings. The van der Waals surface area contributed by atoms with E-state index in [0.29, 0.717) is 18.4 Å². The number of H-pyrrole nitrogens is 1. The maximum atomic E-state index is 15.6.